The van der Waals surface area contributed by atoms with Gasteiger partial charge in [-0.3, -0.25) is 4.79 Å². The molecule has 0 aliphatic rings. The van der Waals surface area contributed by atoms with Crippen LogP contribution >= 0.6 is 11.6 Å². The number of allylic oxidation sites excluding steroid dienone is 1. The van der Waals surface area contributed by atoms with Gasteiger partial charge < -0.3 is 4.74 Å². The van der Waals surface area contributed by atoms with Gasteiger partial charge in [-0.2, -0.15) is 0 Å². The van der Waals surface area contributed by atoms with Gasteiger partial charge in [-0.25, -0.2) is 0 Å². The average Bonchev–Trinajstić information content (AvgIpc) is 2.70. The molecule has 2 nitrogen and oxygen atoms in total. The predicted octanol–water partition coefficient (Wildman–Crippen LogP) is 8.33. The summed E-state index contributed by atoms with van der Waals surface area (Å²) >= 11 is 5.29. The van der Waals surface area contributed by atoms with E-state index in [4.69, 9.17) is 16.3 Å². The van der Waals surface area contributed by atoms with Gasteiger partial charge in [0.1, 0.15) is 5.75 Å². The van der Waals surface area contributed by atoms with Gasteiger partial charge in [0.2, 0.25) is 5.24 Å². The zero-order valence-corrected chi connectivity index (χ0v) is 18.5. The molecule has 1 aromatic carbocycles. The van der Waals surface area contributed by atoms with Gasteiger partial charge >= 0.3 is 0 Å². The van der Waals surface area contributed by atoms with Gasteiger partial charge in [0.05, 0.1) is 6.61 Å². The van der Waals surface area contributed by atoms with Crippen LogP contribution in [-0.2, 0) is 4.79 Å². The molecule has 158 valence electrons. The van der Waals surface area contributed by atoms with Crippen molar-refractivity contribution in [3.63, 3.8) is 0 Å². The lowest BCUT2D eigenvalue weighted by atomic mass is 10.0. The topological polar surface area (TPSA) is 26.3 Å². The minimum absolute atomic E-state index is 0.460. The Bertz CT molecular complexity index is 522. The van der Waals surface area contributed by atoms with Crippen LogP contribution in [0.1, 0.15) is 102 Å². The van der Waals surface area contributed by atoms with Crippen molar-refractivity contribution >= 4 is 22.9 Å². The normalized spacial score (nSPS) is 11.2. The second-order valence-electron chi connectivity index (χ2n) is 7.65. The lowest BCUT2D eigenvalue weighted by Gasteiger charge is -2.06. The van der Waals surface area contributed by atoms with E-state index in [0.717, 1.165) is 24.3 Å². The molecule has 0 fully saturated rings. The van der Waals surface area contributed by atoms with Crippen molar-refractivity contribution < 1.29 is 9.53 Å². The Hall–Kier alpha value is -1.28. The molecule has 0 bridgehead atoms. The average molecular weight is 407 g/mol. The van der Waals surface area contributed by atoms with Crippen LogP contribution in [0.2, 0.25) is 0 Å². The molecular weight excluding hydrogens is 368 g/mol. The Morgan fingerprint density at radius 1 is 0.786 bits per heavy atom. The number of ether oxygens (including phenoxy) is 1. The Labute approximate surface area is 177 Å². The Morgan fingerprint density at radius 3 is 1.71 bits per heavy atom. The number of unbranched alkanes of at least 4 members (excludes halogenated alkanes) is 13. The van der Waals surface area contributed by atoms with Crippen LogP contribution < -0.4 is 4.74 Å². The smallest absolute Gasteiger partial charge is 0.245 e. The molecule has 0 atom stereocenters. The van der Waals surface area contributed by atoms with Crippen molar-refractivity contribution in [3.05, 3.63) is 35.9 Å². The van der Waals surface area contributed by atoms with Crippen molar-refractivity contribution in [1.29, 1.82) is 0 Å². The molecular formula is C25H39ClO2. The van der Waals surface area contributed by atoms with E-state index < -0.39 is 5.24 Å². The third-order valence-electron chi connectivity index (χ3n) is 5.05. The molecule has 0 spiro atoms. The first kappa shape index (κ1) is 24.8. The maximum Gasteiger partial charge on any atom is 0.245 e. The molecule has 1 aromatic rings. The molecule has 0 aliphatic heterocycles. The summed E-state index contributed by atoms with van der Waals surface area (Å²) in [6.07, 6.45) is 22.2. The van der Waals surface area contributed by atoms with Gasteiger partial charge in [0, 0.05) is 0 Å². The zero-order chi connectivity index (χ0) is 20.3. The Morgan fingerprint density at radius 2 is 1.25 bits per heavy atom. The number of hydrogen-bond donors (Lipinski definition) is 0. The zero-order valence-electron chi connectivity index (χ0n) is 17.8. The van der Waals surface area contributed by atoms with E-state index >= 15 is 0 Å². The Balaban J connectivity index is 1.88. The lowest BCUT2D eigenvalue weighted by molar-refractivity contribution is -0.107. The number of rotatable bonds is 18. The van der Waals surface area contributed by atoms with Crippen molar-refractivity contribution in [2.75, 3.05) is 6.61 Å². The van der Waals surface area contributed by atoms with Crippen molar-refractivity contribution in [2.24, 2.45) is 0 Å². The number of carbonyl (C=O) groups is 1. The number of hydrogen-bond acceptors (Lipinski definition) is 2. The van der Waals surface area contributed by atoms with Crippen LogP contribution in [0.3, 0.4) is 0 Å². The predicted molar refractivity (Wildman–Crippen MR) is 122 cm³/mol. The first-order chi connectivity index (χ1) is 13.7. The first-order valence-electron chi connectivity index (χ1n) is 11.3. The minimum atomic E-state index is -0.460. The molecule has 28 heavy (non-hydrogen) atoms. The molecule has 0 heterocycles. The van der Waals surface area contributed by atoms with Gasteiger partial charge in [0.25, 0.3) is 0 Å². The molecule has 0 amide bonds. The summed E-state index contributed by atoms with van der Waals surface area (Å²) in [6, 6.07) is 7.72. The molecule has 0 aliphatic carbocycles. The fourth-order valence-electron chi connectivity index (χ4n) is 3.32. The highest BCUT2D eigenvalue weighted by Gasteiger charge is 1.97. The highest BCUT2D eigenvalue weighted by atomic mass is 35.5. The fourth-order valence-corrected chi connectivity index (χ4v) is 3.39. The number of benzene rings is 1. The number of carbonyl (C=O) groups excluding carboxylic acids is 1. The molecule has 0 N–H and O–H groups in total. The van der Waals surface area contributed by atoms with E-state index in [1.54, 1.807) is 6.08 Å². The lowest BCUT2D eigenvalue weighted by Crippen LogP contribution is -1.97. The van der Waals surface area contributed by atoms with Crippen molar-refractivity contribution in [3.8, 4) is 5.75 Å². The molecule has 3 heteroatoms. The third-order valence-corrected chi connectivity index (χ3v) is 5.18. The summed E-state index contributed by atoms with van der Waals surface area (Å²) in [4.78, 5) is 10.7. The summed E-state index contributed by atoms with van der Waals surface area (Å²) in [7, 11) is 0. The van der Waals surface area contributed by atoms with E-state index in [1.807, 2.05) is 24.3 Å². The summed E-state index contributed by atoms with van der Waals surface area (Å²) in [6.45, 7) is 3.05. The fraction of sp³-hybridized carbons (Fsp3) is 0.640. The van der Waals surface area contributed by atoms with Crippen LogP contribution in [-0.4, -0.2) is 11.8 Å². The first-order valence-corrected chi connectivity index (χ1v) is 11.7. The van der Waals surface area contributed by atoms with E-state index in [9.17, 15) is 4.79 Å². The van der Waals surface area contributed by atoms with E-state index in [-0.39, 0.29) is 0 Å². The molecule has 0 saturated heterocycles. The maximum absolute atomic E-state index is 10.7. The van der Waals surface area contributed by atoms with E-state index in [2.05, 4.69) is 6.92 Å². The quantitative estimate of drug-likeness (QED) is 0.139. The second-order valence-corrected chi connectivity index (χ2v) is 8.02. The highest BCUT2D eigenvalue weighted by Crippen LogP contribution is 2.15. The van der Waals surface area contributed by atoms with Crippen molar-refractivity contribution in [2.45, 2.75) is 96.8 Å². The van der Waals surface area contributed by atoms with Crippen LogP contribution in [0.15, 0.2) is 30.3 Å². The van der Waals surface area contributed by atoms with Crippen LogP contribution in [0, 0.1) is 0 Å². The van der Waals surface area contributed by atoms with Gasteiger partial charge in [-0.05, 0) is 41.8 Å². The molecule has 0 saturated carbocycles. The van der Waals surface area contributed by atoms with Crippen LogP contribution in [0.5, 0.6) is 5.75 Å². The standard InChI is InChI=1S/C25H39ClO2/c1-2-3-4-5-6-7-8-9-10-11-12-13-14-15-22-28-24-19-16-23(17-20-24)18-21-25(26)27/h16-21H,2-15,22H2,1H3/b21-18+. The summed E-state index contributed by atoms with van der Waals surface area (Å²) in [5, 5.41) is -0.460. The van der Waals surface area contributed by atoms with E-state index in [0.29, 0.717) is 0 Å². The maximum atomic E-state index is 10.7. The minimum Gasteiger partial charge on any atom is -0.494 e. The summed E-state index contributed by atoms with van der Waals surface area (Å²) in [5.74, 6) is 0.879. The monoisotopic (exact) mass is 406 g/mol. The third kappa shape index (κ3) is 14.7. The molecule has 0 aromatic heterocycles. The molecule has 0 radical (unpaired) electrons. The highest BCUT2D eigenvalue weighted by molar-refractivity contribution is 6.66. The van der Waals surface area contributed by atoms with Gasteiger partial charge in [-0.15, -0.1) is 0 Å². The Kier molecular flexibility index (Phi) is 15.7. The molecule has 0 unspecified atom stereocenters. The van der Waals surface area contributed by atoms with Crippen molar-refractivity contribution in [1.82, 2.24) is 0 Å². The van der Waals surface area contributed by atoms with Crippen LogP contribution in [0.25, 0.3) is 6.08 Å². The SMILES string of the molecule is CCCCCCCCCCCCCCCCOc1ccc(/C=C/C(=O)Cl)cc1. The van der Waals surface area contributed by atoms with Gasteiger partial charge in [0.15, 0.2) is 0 Å². The van der Waals surface area contributed by atoms with E-state index in [1.165, 1.54) is 89.5 Å². The van der Waals surface area contributed by atoms with Gasteiger partial charge in [-0.1, -0.05) is 109 Å². The van der Waals surface area contributed by atoms with Crippen LogP contribution in [0.4, 0.5) is 0 Å². The summed E-state index contributed by atoms with van der Waals surface area (Å²) in [5.41, 5.74) is 0.942. The second kappa shape index (κ2) is 17.8. The molecule has 1 rings (SSSR count). The largest absolute Gasteiger partial charge is 0.494 e. The number of halogens is 1. The summed E-state index contributed by atoms with van der Waals surface area (Å²) < 4.78 is 5.78.